The number of anilines is 1. The SMILES string of the molecule is Nc1c(C(=O)NC2CCCC2)sc2ccccc12. The molecule has 0 bridgehead atoms. The Morgan fingerprint density at radius 2 is 2.00 bits per heavy atom. The summed E-state index contributed by atoms with van der Waals surface area (Å²) in [7, 11) is 0. The van der Waals surface area contributed by atoms with Crippen LogP contribution >= 0.6 is 11.3 Å². The number of carbonyl (C=O) groups excluding carboxylic acids is 1. The van der Waals surface area contributed by atoms with Crippen LogP contribution in [0.3, 0.4) is 0 Å². The Labute approximate surface area is 110 Å². The van der Waals surface area contributed by atoms with Crippen molar-refractivity contribution < 1.29 is 4.79 Å². The van der Waals surface area contributed by atoms with Crippen LogP contribution in [0.1, 0.15) is 35.4 Å². The zero-order valence-electron chi connectivity index (χ0n) is 10.1. The highest BCUT2D eigenvalue weighted by molar-refractivity contribution is 7.21. The van der Waals surface area contributed by atoms with Gasteiger partial charge in [-0.2, -0.15) is 0 Å². The third kappa shape index (κ3) is 1.97. The Morgan fingerprint density at radius 3 is 2.72 bits per heavy atom. The molecule has 0 unspecified atom stereocenters. The molecule has 1 fully saturated rings. The topological polar surface area (TPSA) is 55.1 Å². The highest BCUT2D eigenvalue weighted by atomic mass is 32.1. The number of fused-ring (bicyclic) bond motifs is 1. The summed E-state index contributed by atoms with van der Waals surface area (Å²) in [6.45, 7) is 0. The van der Waals surface area contributed by atoms with Gasteiger partial charge in [0.05, 0.1) is 5.69 Å². The van der Waals surface area contributed by atoms with Gasteiger partial charge in [0.2, 0.25) is 0 Å². The standard InChI is InChI=1S/C14H16N2OS/c15-12-10-7-3-4-8-11(10)18-13(12)14(17)16-9-5-1-2-6-9/h3-4,7-9H,1-2,5-6,15H2,(H,16,17). The molecular formula is C14H16N2OS. The van der Waals surface area contributed by atoms with Crippen molar-refractivity contribution in [3.05, 3.63) is 29.1 Å². The van der Waals surface area contributed by atoms with Gasteiger partial charge >= 0.3 is 0 Å². The molecule has 94 valence electrons. The number of nitrogen functional groups attached to an aromatic ring is 1. The lowest BCUT2D eigenvalue weighted by Gasteiger charge is -2.10. The van der Waals surface area contributed by atoms with E-state index >= 15 is 0 Å². The second-order valence-electron chi connectivity index (χ2n) is 4.80. The molecule has 1 aliphatic carbocycles. The number of thiophene rings is 1. The summed E-state index contributed by atoms with van der Waals surface area (Å²) in [5.41, 5.74) is 6.68. The average molecular weight is 260 g/mol. The van der Waals surface area contributed by atoms with Crippen molar-refractivity contribution in [2.75, 3.05) is 5.73 Å². The molecule has 0 saturated heterocycles. The van der Waals surface area contributed by atoms with Crippen molar-refractivity contribution in [2.45, 2.75) is 31.7 Å². The molecule has 1 saturated carbocycles. The number of hydrogen-bond donors (Lipinski definition) is 2. The van der Waals surface area contributed by atoms with Crippen molar-refractivity contribution in [2.24, 2.45) is 0 Å². The molecule has 1 aromatic heterocycles. The van der Waals surface area contributed by atoms with Crippen molar-refractivity contribution in [1.82, 2.24) is 5.32 Å². The lowest BCUT2D eigenvalue weighted by Crippen LogP contribution is -2.32. The summed E-state index contributed by atoms with van der Waals surface area (Å²) in [5.74, 6) is -0.0133. The zero-order valence-corrected chi connectivity index (χ0v) is 10.9. The predicted octanol–water partition coefficient (Wildman–Crippen LogP) is 3.16. The van der Waals surface area contributed by atoms with Gasteiger partial charge in [-0.3, -0.25) is 4.79 Å². The average Bonchev–Trinajstić information content (AvgIpc) is 2.98. The van der Waals surface area contributed by atoms with E-state index in [-0.39, 0.29) is 5.91 Å². The minimum absolute atomic E-state index is 0.0133. The molecule has 0 aliphatic heterocycles. The molecule has 4 heteroatoms. The van der Waals surface area contributed by atoms with Crippen LogP contribution in [-0.2, 0) is 0 Å². The third-order valence-electron chi connectivity index (χ3n) is 3.53. The smallest absolute Gasteiger partial charge is 0.263 e. The minimum Gasteiger partial charge on any atom is -0.397 e. The van der Waals surface area contributed by atoms with Gasteiger partial charge in [-0.15, -0.1) is 11.3 Å². The van der Waals surface area contributed by atoms with E-state index in [9.17, 15) is 4.79 Å². The van der Waals surface area contributed by atoms with Gasteiger partial charge in [0.15, 0.2) is 0 Å². The molecular weight excluding hydrogens is 244 g/mol. The number of benzene rings is 1. The number of nitrogens with two attached hydrogens (primary N) is 1. The molecule has 1 aliphatic rings. The lowest BCUT2D eigenvalue weighted by molar-refractivity contribution is 0.0943. The highest BCUT2D eigenvalue weighted by Gasteiger charge is 2.21. The lowest BCUT2D eigenvalue weighted by atomic mass is 10.2. The van der Waals surface area contributed by atoms with Crippen molar-refractivity contribution >= 4 is 33.0 Å². The second-order valence-corrected chi connectivity index (χ2v) is 5.85. The van der Waals surface area contributed by atoms with Gasteiger partial charge in [-0.25, -0.2) is 0 Å². The third-order valence-corrected chi connectivity index (χ3v) is 4.72. The summed E-state index contributed by atoms with van der Waals surface area (Å²) in [6, 6.07) is 8.22. The number of rotatable bonds is 2. The quantitative estimate of drug-likeness (QED) is 0.871. The fourth-order valence-corrected chi connectivity index (χ4v) is 3.58. The summed E-state index contributed by atoms with van der Waals surface area (Å²) in [5, 5.41) is 4.07. The summed E-state index contributed by atoms with van der Waals surface area (Å²) in [6.07, 6.45) is 4.62. The first-order chi connectivity index (χ1) is 8.75. The van der Waals surface area contributed by atoms with Crippen LogP contribution < -0.4 is 11.1 Å². The first-order valence-electron chi connectivity index (χ1n) is 6.33. The highest BCUT2D eigenvalue weighted by Crippen LogP contribution is 2.33. The number of amides is 1. The van der Waals surface area contributed by atoms with E-state index in [1.54, 1.807) is 0 Å². The van der Waals surface area contributed by atoms with E-state index in [2.05, 4.69) is 5.32 Å². The second kappa shape index (κ2) is 4.61. The Bertz CT molecular complexity index is 584. The van der Waals surface area contributed by atoms with Gasteiger partial charge in [-0.1, -0.05) is 31.0 Å². The molecule has 3 nitrogen and oxygen atoms in total. The maximum atomic E-state index is 12.2. The Balaban J connectivity index is 1.88. The zero-order chi connectivity index (χ0) is 12.5. The Morgan fingerprint density at radius 1 is 1.28 bits per heavy atom. The molecule has 0 spiro atoms. The van der Waals surface area contributed by atoms with Crippen molar-refractivity contribution in [3.8, 4) is 0 Å². The van der Waals surface area contributed by atoms with E-state index in [0.29, 0.717) is 16.6 Å². The molecule has 1 heterocycles. The molecule has 3 N–H and O–H groups in total. The largest absolute Gasteiger partial charge is 0.397 e. The molecule has 0 atom stereocenters. The van der Waals surface area contributed by atoms with Crippen LogP contribution in [0.5, 0.6) is 0 Å². The van der Waals surface area contributed by atoms with E-state index in [0.717, 1.165) is 22.9 Å². The summed E-state index contributed by atoms with van der Waals surface area (Å²) in [4.78, 5) is 12.9. The van der Waals surface area contributed by atoms with Crippen LogP contribution in [0.2, 0.25) is 0 Å². The van der Waals surface area contributed by atoms with Crippen LogP contribution in [0, 0.1) is 0 Å². The number of nitrogens with one attached hydrogen (secondary N) is 1. The van der Waals surface area contributed by atoms with Gasteiger partial charge in [0, 0.05) is 16.1 Å². The van der Waals surface area contributed by atoms with E-state index in [1.165, 1.54) is 24.2 Å². The van der Waals surface area contributed by atoms with Gasteiger partial charge in [0.25, 0.3) is 5.91 Å². The molecule has 0 radical (unpaired) electrons. The predicted molar refractivity (Wildman–Crippen MR) is 76.0 cm³/mol. The van der Waals surface area contributed by atoms with Gasteiger partial charge < -0.3 is 11.1 Å². The fraction of sp³-hybridized carbons (Fsp3) is 0.357. The molecule has 1 amide bonds. The first kappa shape index (κ1) is 11.5. The van der Waals surface area contributed by atoms with E-state index < -0.39 is 0 Å². The van der Waals surface area contributed by atoms with Crippen molar-refractivity contribution in [3.63, 3.8) is 0 Å². The van der Waals surface area contributed by atoms with Gasteiger partial charge in [0.1, 0.15) is 4.88 Å². The summed E-state index contributed by atoms with van der Waals surface area (Å²) >= 11 is 1.48. The maximum absolute atomic E-state index is 12.2. The maximum Gasteiger partial charge on any atom is 0.263 e. The van der Waals surface area contributed by atoms with Crippen LogP contribution in [0.4, 0.5) is 5.69 Å². The molecule has 2 aromatic rings. The van der Waals surface area contributed by atoms with Crippen LogP contribution in [0.25, 0.3) is 10.1 Å². The Kier molecular flexibility index (Phi) is 2.96. The fourth-order valence-electron chi connectivity index (χ4n) is 2.56. The molecule has 3 rings (SSSR count). The summed E-state index contributed by atoms with van der Waals surface area (Å²) < 4.78 is 1.08. The minimum atomic E-state index is -0.0133. The first-order valence-corrected chi connectivity index (χ1v) is 7.15. The Hall–Kier alpha value is -1.55. The molecule has 18 heavy (non-hydrogen) atoms. The van der Waals surface area contributed by atoms with Gasteiger partial charge in [-0.05, 0) is 18.9 Å². The van der Waals surface area contributed by atoms with E-state index in [1.807, 2.05) is 24.3 Å². The number of hydrogen-bond acceptors (Lipinski definition) is 3. The normalized spacial score (nSPS) is 16.2. The molecule has 1 aromatic carbocycles. The number of carbonyl (C=O) groups is 1. The van der Waals surface area contributed by atoms with Crippen LogP contribution in [0.15, 0.2) is 24.3 Å². The van der Waals surface area contributed by atoms with Crippen LogP contribution in [-0.4, -0.2) is 11.9 Å². The van der Waals surface area contributed by atoms with Crippen molar-refractivity contribution in [1.29, 1.82) is 0 Å². The van der Waals surface area contributed by atoms with E-state index in [4.69, 9.17) is 5.73 Å². The monoisotopic (exact) mass is 260 g/mol.